The summed E-state index contributed by atoms with van der Waals surface area (Å²) in [5.41, 5.74) is 5.66. The van der Waals surface area contributed by atoms with Gasteiger partial charge in [-0.2, -0.15) is 0 Å². The van der Waals surface area contributed by atoms with Crippen LogP contribution in [0.2, 0.25) is 0 Å². The molecule has 5 heteroatoms. The molecule has 0 aliphatic carbocycles. The predicted octanol–water partition coefficient (Wildman–Crippen LogP) is 0.577. The van der Waals surface area contributed by atoms with Crippen LogP contribution in [0, 0.1) is 0 Å². The second-order valence-electron chi connectivity index (χ2n) is 3.19. The molecule has 0 radical (unpaired) electrons. The SMILES string of the molecule is CCC(CN)c1nnc2ncccn12. The Bertz CT molecular complexity index is 418. The van der Waals surface area contributed by atoms with Crippen molar-refractivity contribution in [2.24, 2.45) is 5.73 Å². The van der Waals surface area contributed by atoms with Crippen LogP contribution < -0.4 is 5.73 Å². The van der Waals surface area contributed by atoms with Crippen LogP contribution in [0.25, 0.3) is 5.78 Å². The minimum atomic E-state index is 0.259. The number of nitrogens with two attached hydrogens (primary N) is 1. The van der Waals surface area contributed by atoms with Crippen molar-refractivity contribution in [2.75, 3.05) is 6.54 Å². The molecule has 0 saturated carbocycles. The molecule has 0 aliphatic heterocycles. The number of rotatable bonds is 3. The van der Waals surface area contributed by atoms with Crippen LogP contribution in [0.15, 0.2) is 18.5 Å². The van der Waals surface area contributed by atoms with Crippen molar-refractivity contribution in [3.63, 3.8) is 0 Å². The standard InChI is InChI=1S/C9H13N5/c1-2-7(6-10)8-12-13-9-11-4-3-5-14(8)9/h3-5,7H,2,6,10H2,1H3. The van der Waals surface area contributed by atoms with Gasteiger partial charge in [-0.15, -0.1) is 10.2 Å². The summed E-state index contributed by atoms with van der Waals surface area (Å²) in [6.07, 6.45) is 4.58. The lowest BCUT2D eigenvalue weighted by atomic mass is 10.1. The Morgan fingerprint density at radius 2 is 2.36 bits per heavy atom. The summed E-state index contributed by atoms with van der Waals surface area (Å²) in [5, 5.41) is 8.09. The van der Waals surface area contributed by atoms with E-state index in [4.69, 9.17) is 5.73 Å². The summed E-state index contributed by atoms with van der Waals surface area (Å²) in [4.78, 5) is 4.10. The van der Waals surface area contributed by atoms with Crippen molar-refractivity contribution in [2.45, 2.75) is 19.3 Å². The maximum atomic E-state index is 5.66. The first-order valence-corrected chi connectivity index (χ1v) is 4.72. The van der Waals surface area contributed by atoms with E-state index in [0.717, 1.165) is 12.2 Å². The summed E-state index contributed by atoms with van der Waals surface area (Å²) >= 11 is 0. The van der Waals surface area contributed by atoms with Crippen LogP contribution in [0.1, 0.15) is 25.1 Å². The zero-order chi connectivity index (χ0) is 9.97. The number of hydrogen-bond donors (Lipinski definition) is 1. The van der Waals surface area contributed by atoms with Gasteiger partial charge in [0, 0.05) is 24.9 Å². The van der Waals surface area contributed by atoms with Crippen LogP contribution in [-0.4, -0.2) is 26.1 Å². The van der Waals surface area contributed by atoms with E-state index < -0.39 is 0 Å². The van der Waals surface area contributed by atoms with Crippen LogP contribution in [0.4, 0.5) is 0 Å². The fraction of sp³-hybridized carbons (Fsp3) is 0.444. The summed E-state index contributed by atoms with van der Waals surface area (Å²) in [7, 11) is 0. The molecule has 2 N–H and O–H groups in total. The van der Waals surface area contributed by atoms with Crippen molar-refractivity contribution in [3.05, 3.63) is 24.3 Å². The summed E-state index contributed by atoms with van der Waals surface area (Å²) in [6.45, 7) is 2.68. The average molecular weight is 191 g/mol. The van der Waals surface area contributed by atoms with Crippen molar-refractivity contribution in [1.29, 1.82) is 0 Å². The molecule has 0 fully saturated rings. The van der Waals surface area contributed by atoms with E-state index in [0.29, 0.717) is 12.3 Å². The number of fused-ring (bicyclic) bond motifs is 1. The molecule has 2 heterocycles. The molecule has 14 heavy (non-hydrogen) atoms. The fourth-order valence-corrected chi connectivity index (χ4v) is 1.49. The van der Waals surface area contributed by atoms with Crippen LogP contribution in [-0.2, 0) is 0 Å². The fourth-order valence-electron chi connectivity index (χ4n) is 1.49. The molecule has 0 bridgehead atoms. The maximum Gasteiger partial charge on any atom is 0.254 e. The average Bonchev–Trinajstić information content (AvgIpc) is 2.65. The van der Waals surface area contributed by atoms with Crippen LogP contribution in [0.5, 0.6) is 0 Å². The van der Waals surface area contributed by atoms with Gasteiger partial charge >= 0.3 is 0 Å². The van der Waals surface area contributed by atoms with E-state index in [1.165, 1.54) is 0 Å². The van der Waals surface area contributed by atoms with Crippen molar-refractivity contribution < 1.29 is 0 Å². The Hall–Kier alpha value is -1.49. The molecule has 74 valence electrons. The second kappa shape index (κ2) is 3.71. The Morgan fingerprint density at radius 3 is 3.07 bits per heavy atom. The van der Waals surface area contributed by atoms with Crippen LogP contribution in [0.3, 0.4) is 0 Å². The highest BCUT2D eigenvalue weighted by atomic mass is 15.3. The molecule has 2 aromatic rings. The van der Waals surface area contributed by atoms with Gasteiger partial charge in [0.2, 0.25) is 0 Å². The molecular formula is C9H13N5. The zero-order valence-corrected chi connectivity index (χ0v) is 8.09. The van der Waals surface area contributed by atoms with Gasteiger partial charge in [0.15, 0.2) is 0 Å². The molecule has 2 aromatic heterocycles. The van der Waals surface area contributed by atoms with Crippen molar-refractivity contribution in [3.8, 4) is 0 Å². The normalized spacial score (nSPS) is 13.3. The molecule has 1 unspecified atom stereocenters. The summed E-state index contributed by atoms with van der Waals surface area (Å²) in [6, 6.07) is 1.86. The monoisotopic (exact) mass is 191 g/mol. The Balaban J connectivity index is 2.51. The first-order valence-electron chi connectivity index (χ1n) is 4.72. The molecular weight excluding hydrogens is 178 g/mol. The summed E-state index contributed by atoms with van der Waals surface area (Å²) in [5.74, 6) is 1.79. The van der Waals surface area contributed by atoms with E-state index in [1.54, 1.807) is 6.20 Å². The topological polar surface area (TPSA) is 69.1 Å². The lowest BCUT2D eigenvalue weighted by Gasteiger charge is -2.08. The van der Waals surface area contributed by atoms with E-state index in [1.807, 2.05) is 16.7 Å². The Kier molecular flexibility index (Phi) is 2.41. The van der Waals surface area contributed by atoms with Gasteiger partial charge in [0.25, 0.3) is 5.78 Å². The minimum Gasteiger partial charge on any atom is -0.330 e. The molecule has 0 saturated heterocycles. The largest absolute Gasteiger partial charge is 0.330 e. The quantitative estimate of drug-likeness (QED) is 0.770. The minimum absolute atomic E-state index is 0.259. The predicted molar refractivity (Wildman–Crippen MR) is 52.9 cm³/mol. The number of nitrogens with zero attached hydrogens (tertiary/aromatic N) is 4. The van der Waals surface area contributed by atoms with E-state index in [9.17, 15) is 0 Å². The van der Waals surface area contributed by atoms with Gasteiger partial charge in [-0.1, -0.05) is 6.92 Å². The van der Waals surface area contributed by atoms with Gasteiger partial charge in [0.05, 0.1) is 0 Å². The van der Waals surface area contributed by atoms with Gasteiger partial charge in [-0.3, -0.25) is 4.40 Å². The van der Waals surface area contributed by atoms with E-state index >= 15 is 0 Å². The van der Waals surface area contributed by atoms with Gasteiger partial charge in [0.1, 0.15) is 5.82 Å². The second-order valence-corrected chi connectivity index (χ2v) is 3.19. The molecule has 0 aliphatic rings. The Labute approximate surface area is 82.0 Å². The highest BCUT2D eigenvalue weighted by molar-refractivity contribution is 5.27. The zero-order valence-electron chi connectivity index (χ0n) is 8.09. The first-order chi connectivity index (χ1) is 6.86. The molecule has 0 aromatic carbocycles. The Morgan fingerprint density at radius 1 is 1.50 bits per heavy atom. The van der Waals surface area contributed by atoms with Gasteiger partial charge in [-0.25, -0.2) is 4.98 Å². The highest BCUT2D eigenvalue weighted by Crippen LogP contribution is 2.15. The molecule has 1 atom stereocenters. The smallest absolute Gasteiger partial charge is 0.254 e. The number of aromatic nitrogens is 4. The van der Waals surface area contributed by atoms with E-state index in [2.05, 4.69) is 22.1 Å². The van der Waals surface area contributed by atoms with Gasteiger partial charge < -0.3 is 5.73 Å². The number of hydrogen-bond acceptors (Lipinski definition) is 4. The van der Waals surface area contributed by atoms with Crippen LogP contribution >= 0.6 is 0 Å². The van der Waals surface area contributed by atoms with Crippen molar-refractivity contribution in [1.82, 2.24) is 19.6 Å². The van der Waals surface area contributed by atoms with Gasteiger partial charge in [-0.05, 0) is 12.5 Å². The van der Waals surface area contributed by atoms with Crippen molar-refractivity contribution >= 4 is 5.78 Å². The third-order valence-electron chi connectivity index (χ3n) is 2.36. The van der Waals surface area contributed by atoms with E-state index in [-0.39, 0.29) is 5.92 Å². The third kappa shape index (κ3) is 1.35. The molecule has 0 spiro atoms. The summed E-state index contributed by atoms with van der Waals surface area (Å²) < 4.78 is 1.89. The maximum absolute atomic E-state index is 5.66. The highest BCUT2D eigenvalue weighted by Gasteiger charge is 2.14. The molecule has 0 amide bonds. The molecule has 2 rings (SSSR count). The third-order valence-corrected chi connectivity index (χ3v) is 2.36. The molecule has 5 nitrogen and oxygen atoms in total. The first kappa shape index (κ1) is 9.08. The lowest BCUT2D eigenvalue weighted by Crippen LogP contribution is -2.14. The lowest BCUT2D eigenvalue weighted by molar-refractivity contribution is 0.623.